The quantitative estimate of drug-likeness (QED) is 0.911. The first-order chi connectivity index (χ1) is 8.88. The first kappa shape index (κ1) is 14.0. The minimum Gasteiger partial charge on any atom is -0.481 e. The van der Waals surface area contributed by atoms with Crippen molar-refractivity contribution < 1.29 is 19.0 Å². The summed E-state index contributed by atoms with van der Waals surface area (Å²) >= 11 is 0. The number of ether oxygens (including phenoxy) is 1. The Morgan fingerprint density at radius 1 is 1.42 bits per heavy atom. The van der Waals surface area contributed by atoms with Gasteiger partial charge in [0.25, 0.3) is 0 Å². The molecule has 3 nitrogen and oxygen atoms in total. The minimum atomic E-state index is -0.819. The van der Waals surface area contributed by atoms with Gasteiger partial charge in [-0.05, 0) is 30.0 Å². The summed E-state index contributed by atoms with van der Waals surface area (Å²) in [6.07, 6.45) is 0. The van der Waals surface area contributed by atoms with E-state index in [1.807, 2.05) is 13.8 Å². The van der Waals surface area contributed by atoms with Crippen LogP contribution in [0.25, 0.3) is 0 Å². The molecule has 0 bridgehead atoms. The Balaban J connectivity index is 2.47. The van der Waals surface area contributed by atoms with Crippen molar-refractivity contribution in [1.29, 1.82) is 0 Å². The van der Waals surface area contributed by atoms with Crippen LogP contribution in [0.3, 0.4) is 0 Å². The lowest BCUT2D eigenvalue weighted by Crippen LogP contribution is -2.56. The Morgan fingerprint density at radius 2 is 2.05 bits per heavy atom. The first-order valence-electron chi connectivity index (χ1n) is 6.45. The summed E-state index contributed by atoms with van der Waals surface area (Å²) in [7, 11) is 0. The minimum absolute atomic E-state index is 0.00763. The standard InChI is InChI=1S/C15H19FO3/c1-9(2)13(14(17)18)15(7-19-8-15)11-4-5-12(16)10(3)6-11/h4-6,9,13H,7-8H2,1-3H3,(H,17,18). The summed E-state index contributed by atoms with van der Waals surface area (Å²) in [5, 5.41) is 9.50. The van der Waals surface area contributed by atoms with Gasteiger partial charge in [-0.3, -0.25) is 4.79 Å². The zero-order chi connectivity index (χ0) is 14.2. The smallest absolute Gasteiger partial charge is 0.307 e. The van der Waals surface area contributed by atoms with Gasteiger partial charge in [0.1, 0.15) is 5.82 Å². The molecule has 4 heteroatoms. The predicted octanol–water partition coefficient (Wildman–Crippen LogP) is 2.76. The van der Waals surface area contributed by atoms with Gasteiger partial charge in [0.15, 0.2) is 0 Å². The third kappa shape index (κ3) is 2.25. The number of aliphatic carboxylic acids is 1. The molecule has 1 aromatic rings. The van der Waals surface area contributed by atoms with Crippen molar-refractivity contribution in [2.45, 2.75) is 26.2 Å². The molecule has 1 heterocycles. The van der Waals surface area contributed by atoms with Crippen LogP contribution in [0.2, 0.25) is 0 Å². The van der Waals surface area contributed by atoms with Crippen LogP contribution in [0.15, 0.2) is 18.2 Å². The molecule has 1 saturated heterocycles. The molecule has 0 spiro atoms. The van der Waals surface area contributed by atoms with Crippen molar-refractivity contribution in [3.63, 3.8) is 0 Å². The number of carboxylic acids is 1. The molecule has 1 aromatic carbocycles. The summed E-state index contributed by atoms with van der Waals surface area (Å²) in [5.74, 6) is -1.62. The highest BCUT2D eigenvalue weighted by Gasteiger charge is 2.51. The van der Waals surface area contributed by atoms with E-state index < -0.39 is 17.3 Å². The van der Waals surface area contributed by atoms with Crippen LogP contribution in [-0.4, -0.2) is 24.3 Å². The second-order valence-corrected chi connectivity index (χ2v) is 5.67. The summed E-state index contributed by atoms with van der Waals surface area (Å²) in [5.41, 5.74) is 0.869. The third-order valence-corrected chi connectivity index (χ3v) is 3.98. The van der Waals surface area contributed by atoms with Gasteiger partial charge in [-0.1, -0.05) is 26.0 Å². The van der Waals surface area contributed by atoms with E-state index in [1.165, 1.54) is 6.07 Å². The van der Waals surface area contributed by atoms with E-state index in [2.05, 4.69) is 0 Å². The van der Waals surface area contributed by atoms with Crippen LogP contribution in [0, 0.1) is 24.6 Å². The van der Waals surface area contributed by atoms with E-state index in [4.69, 9.17) is 4.74 Å². The van der Waals surface area contributed by atoms with E-state index in [9.17, 15) is 14.3 Å². The topological polar surface area (TPSA) is 46.5 Å². The maximum absolute atomic E-state index is 13.4. The number of carbonyl (C=O) groups is 1. The highest BCUT2D eigenvalue weighted by atomic mass is 19.1. The second-order valence-electron chi connectivity index (χ2n) is 5.67. The van der Waals surface area contributed by atoms with Crippen molar-refractivity contribution in [2.75, 3.05) is 13.2 Å². The number of carboxylic acid groups (broad SMARTS) is 1. The SMILES string of the molecule is Cc1cc(C2(C(C(=O)O)C(C)C)COC2)ccc1F. The lowest BCUT2D eigenvalue weighted by Gasteiger charge is -2.47. The van der Waals surface area contributed by atoms with Crippen molar-refractivity contribution in [1.82, 2.24) is 0 Å². The van der Waals surface area contributed by atoms with E-state index in [0.29, 0.717) is 18.8 Å². The van der Waals surface area contributed by atoms with Gasteiger partial charge in [-0.15, -0.1) is 0 Å². The van der Waals surface area contributed by atoms with Crippen LogP contribution in [0.4, 0.5) is 4.39 Å². The number of halogens is 1. The lowest BCUT2D eigenvalue weighted by molar-refractivity contribution is -0.161. The van der Waals surface area contributed by atoms with Gasteiger partial charge in [0, 0.05) is 0 Å². The number of rotatable bonds is 4. The van der Waals surface area contributed by atoms with E-state index >= 15 is 0 Å². The van der Waals surface area contributed by atoms with Gasteiger partial charge in [0.2, 0.25) is 0 Å². The molecule has 19 heavy (non-hydrogen) atoms. The number of hydrogen-bond acceptors (Lipinski definition) is 2. The van der Waals surface area contributed by atoms with Crippen molar-refractivity contribution in [3.8, 4) is 0 Å². The molecule has 1 N–H and O–H groups in total. The fraction of sp³-hybridized carbons (Fsp3) is 0.533. The molecule has 1 atom stereocenters. The van der Waals surface area contributed by atoms with Crippen molar-refractivity contribution in [2.24, 2.45) is 11.8 Å². The largest absolute Gasteiger partial charge is 0.481 e. The molecule has 0 aliphatic carbocycles. The summed E-state index contributed by atoms with van der Waals surface area (Å²) in [4.78, 5) is 11.6. The normalized spacial score (nSPS) is 19.0. The highest BCUT2D eigenvalue weighted by molar-refractivity contribution is 5.73. The van der Waals surface area contributed by atoms with E-state index in [0.717, 1.165) is 5.56 Å². The predicted molar refractivity (Wildman–Crippen MR) is 69.6 cm³/mol. The molecule has 0 radical (unpaired) electrons. The zero-order valence-electron chi connectivity index (χ0n) is 11.4. The van der Waals surface area contributed by atoms with Crippen LogP contribution in [0.5, 0.6) is 0 Å². The molecule has 1 fully saturated rings. The fourth-order valence-corrected chi connectivity index (χ4v) is 2.96. The van der Waals surface area contributed by atoms with Gasteiger partial charge < -0.3 is 9.84 Å². The van der Waals surface area contributed by atoms with Gasteiger partial charge in [-0.25, -0.2) is 4.39 Å². The van der Waals surface area contributed by atoms with Gasteiger partial charge in [-0.2, -0.15) is 0 Å². The maximum atomic E-state index is 13.4. The molecule has 1 unspecified atom stereocenters. The summed E-state index contributed by atoms with van der Waals surface area (Å²) in [6, 6.07) is 4.84. The first-order valence-corrected chi connectivity index (χ1v) is 6.45. The Bertz CT molecular complexity index is 492. The van der Waals surface area contributed by atoms with E-state index in [-0.39, 0.29) is 11.7 Å². The number of aryl methyl sites for hydroxylation is 1. The molecule has 0 aromatic heterocycles. The number of benzene rings is 1. The van der Waals surface area contributed by atoms with Gasteiger partial charge in [0.05, 0.1) is 24.5 Å². The van der Waals surface area contributed by atoms with Crippen molar-refractivity contribution >= 4 is 5.97 Å². The Hall–Kier alpha value is -1.42. The average molecular weight is 266 g/mol. The van der Waals surface area contributed by atoms with Crippen LogP contribution in [0.1, 0.15) is 25.0 Å². The molecular formula is C15H19FO3. The van der Waals surface area contributed by atoms with E-state index in [1.54, 1.807) is 19.1 Å². The average Bonchev–Trinajstić information content (AvgIpc) is 2.26. The summed E-state index contributed by atoms with van der Waals surface area (Å²) in [6.45, 7) is 6.25. The molecule has 104 valence electrons. The third-order valence-electron chi connectivity index (χ3n) is 3.98. The fourth-order valence-electron chi connectivity index (χ4n) is 2.96. The van der Waals surface area contributed by atoms with Crippen LogP contribution >= 0.6 is 0 Å². The molecule has 0 amide bonds. The van der Waals surface area contributed by atoms with Crippen LogP contribution in [-0.2, 0) is 14.9 Å². The Labute approximate surface area is 112 Å². The van der Waals surface area contributed by atoms with Gasteiger partial charge >= 0.3 is 5.97 Å². The monoisotopic (exact) mass is 266 g/mol. The summed E-state index contributed by atoms with van der Waals surface area (Å²) < 4.78 is 18.7. The zero-order valence-corrected chi connectivity index (χ0v) is 11.4. The molecule has 0 saturated carbocycles. The Kier molecular flexibility index (Phi) is 3.63. The number of hydrogen-bond donors (Lipinski definition) is 1. The van der Waals surface area contributed by atoms with Crippen LogP contribution < -0.4 is 0 Å². The second kappa shape index (κ2) is 4.93. The van der Waals surface area contributed by atoms with Crippen molar-refractivity contribution in [3.05, 3.63) is 35.1 Å². The molecular weight excluding hydrogens is 247 g/mol. The highest BCUT2D eigenvalue weighted by Crippen LogP contribution is 2.43. The molecule has 1 aliphatic heterocycles. The maximum Gasteiger partial charge on any atom is 0.307 e. The lowest BCUT2D eigenvalue weighted by atomic mass is 9.64. The molecule has 1 aliphatic rings. The molecule has 2 rings (SSSR count). The Morgan fingerprint density at radius 3 is 2.42 bits per heavy atom.